The third-order valence-corrected chi connectivity index (χ3v) is 5.24. The second-order valence-electron chi connectivity index (χ2n) is 4.89. The molecule has 0 aliphatic carbocycles. The third kappa shape index (κ3) is 3.23. The second kappa shape index (κ2) is 6.68. The maximum atomic E-state index is 13.4. The molecule has 118 valence electrons. The summed E-state index contributed by atoms with van der Waals surface area (Å²) < 4.78 is 16.1. The molecule has 0 spiro atoms. The van der Waals surface area contributed by atoms with Gasteiger partial charge in [0.25, 0.3) is 5.91 Å². The van der Waals surface area contributed by atoms with Crippen LogP contribution in [-0.4, -0.2) is 16.7 Å². The van der Waals surface area contributed by atoms with E-state index in [4.69, 9.17) is 0 Å². The van der Waals surface area contributed by atoms with Gasteiger partial charge in [0.1, 0.15) is 5.82 Å². The summed E-state index contributed by atoms with van der Waals surface area (Å²) in [5.74, 6) is -0.567. The Labute approximate surface area is 141 Å². The molecule has 0 unspecified atom stereocenters. The molecule has 0 saturated carbocycles. The summed E-state index contributed by atoms with van der Waals surface area (Å²) >= 11 is 2.91. The molecule has 6 heteroatoms. The minimum absolute atomic E-state index is 0.282. The summed E-state index contributed by atoms with van der Waals surface area (Å²) in [4.78, 5) is 18.3. The van der Waals surface area contributed by atoms with Crippen molar-refractivity contribution in [2.75, 3.05) is 6.26 Å². The van der Waals surface area contributed by atoms with Gasteiger partial charge in [0.15, 0.2) is 4.80 Å². The molecule has 0 saturated heterocycles. The number of hydrogen-bond donors (Lipinski definition) is 0. The fourth-order valence-electron chi connectivity index (χ4n) is 2.35. The minimum Gasteiger partial charge on any atom is -0.317 e. The van der Waals surface area contributed by atoms with E-state index in [1.165, 1.54) is 23.5 Å². The molecule has 0 aliphatic heterocycles. The molecule has 0 aliphatic rings. The molecule has 1 amide bonds. The van der Waals surface area contributed by atoms with Crippen molar-refractivity contribution in [1.29, 1.82) is 0 Å². The minimum atomic E-state index is -0.285. The average molecular weight is 346 g/mol. The number of hydrogen-bond acceptors (Lipinski definition) is 3. The Morgan fingerprint density at radius 2 is 2.13 bits per heavy atom. The van der Waals surface area contributed by atoms with E-state index < -0.39 is 0 Å². The van der Waals surface area contributed by atoms with Crippen LogP contribution in [0.4, 0.5) is 4.39 Å². The smallest absolute Gasteiger partial charge is 0.279 e. The molecule has 0 atom stereocenters. The average Bonchev–Trinajstić information content (AvgIpc) is 2.90. The van der Waals surface area contributed by atoms with Crippen LogP contribution in [0.1, 0.15) is 17.3 Å². The van der Waals surface area contributed by atoms with Gasteiger partial charge in [-0.3, -0.25) is 4.79 Å². The summed E-state index contributed by atoms with van der Waals surface area (Å²) in [6.07, 6.45) is 1.96. The molecule has 2 aromatic carbocycles. The van der Waals surface area contributed by atoms with Gasteiger partial charge >= 0.3 is 0 Å². The van der Waals surface area contributed by atoms with E-state index in [2.05, 4.69) is 4.99 Å². The van der Waals surface area contributed by atoms with Gasteiger partial charge < -0.3 is 4.57 Å². The first-order valence-corrected chi connectivity index (χ1v) is 9.18. The topological polar surface area (TPSA) is 34.4 Å². The maximum Gasteiger partial charge on any atom is 0.279 e. The first-order valence-electron chi connectivity index (χ1n) is 7.14. The van der Waals surface area contributed by atoms with Crippen LogP contribution < -0.4 is 4.80 Å². The van der Waals surface area contributed by atoms with E-state index in [0.29, 0.717) is 16.9 Å². The Balaban J connectivity index is 2.11. The number of nitrogens with zero attached hydrogens (tertiary/aromatic N) is 2. The molecular weight excluding hydrogens is 331 g/mol. The fourth-order valence-corrected chi connectivity index (χ4v) is 3.92. The number of amides is 1. The number of fused-ring (bicyclic) bond motifs is 1. The predicted octanol–water partition coefficient (Wildman–Crippen LogP) is 4.32. The van der Waals surface area contributed by atoms with Crippen molar-refractivity contribution >= 4 is 39.2 Å². The monoisotopic (exact) mass is 346 g/mol. The summed E-state index contributed by atoms with van der Waals surface area (Å²) in [7, 11) is 0. The first-order chi connectivity index (χ1) is 11.1. The van der Waals surface area contributed by atoms with Crippen molar-refractivity contribution in [3.8, 4) is 0 Å². The summed E-state index contributed by atoms with van der Waals surface area (Å²) in [6, 6.07) is 12.0. The van der Waals surface area contributed by atoms with Crippen LogP contribution >= 0.6 is 23.1 Å². The number of aryl methyl sites for hydroxylation is 1. The standard InChI is InChI=1S/C17H15FN2OS2/c1-3-20-14-8-7-12(18)10-15(14)23-17(20)19-16(21)11-5-4-6-13(9-11)22-2/h4-10H,3H2,1-2H3. The molecule has 3 nitrogen and oxygen atoms in total. The highest BCUT2D eigenvalue weighted by Gasteiger charge is 2.09. The molecule has 0 fully saturated rings. The number of rotatable bonds is 3. The van der Waals surface area contributed by atoms with Crippen LogP contribution in [0.3, 0.4) is 0 Å². The van der Waals surface area contributed by atoms with E-state index in [0.717, 1.165) is 15.1 Å². The van der Waals surface area contributed by atoms with Crippen LogP contribution in [0.25, 0.3) is 10.2 Å². The Morgan fingerprint density at radius 1 is 1.30 bits per heavy atom. The number of thiazole rings is 1. The number of benzene rings is 2. The van der Waals surface area contributed by atoms with Gasteiger partial charge in [-0.25, -0.2) is 4.39 Å². The Morgan fingerprint density at radius 3 is 2.87 bits per heavy atom. The van der Waals surface area contributed by atoms with Crippen LogP contribution in [-0.2, 0) is 6.54 Å². The van der Waals surface area contributed by atoms with Crippen molar-refractivity contribution in [3.63, 3.8) is 0 Å². The van der Waals surface area contributed by atoms with Crippen LogP contribution in [0.2, 0.25) is 0 Å². The quantitative estimate of drug-likeness (QED) is 0.662. The molecule has 1 heterocycles. The van der Waals surface area contributed by atoms with Crippen molar-refractivity contribution in [2.24, 2.45) is 4.99 Å². The molecule has 23 heavy (non-hydrogen) atoms. The summed E-state index contributed by atoms with van der Waals surface area (Å²) in [6.45, 7) is 2.65. The highest BCUT2D eigenvalue weighted by Crippen LogP contribution is 2.19. The Bertz CT molecular complexity index is 943. The number of carbonyl (C=O) groups is 1. The second-order valence-corrected chi connectivity index (χ2v) is 6.78. The Hall–Kier alpha value is -1.92. The number of aromatic nitrogens is 1. The normalized spacial score (nSPS) is 12.0. The zero-order valence-electron chi connectivity index (χ0n) is 12.7. The highest BCUT2D eigenvalue weighted by atomic mass is 32.2. The van der Waals surface area contributed by atoms with Crippen molar-refractivity contribution in [3.05, 3.63) is 58.6 Å². The van der Waals surface area contributed by atoms with E-state index in [-0.39, 0.29) is 11.7 Å². The lowest BCUT2D eigenvalue weighted by Crippen LogP contribution is -2.15. The zero-order valence-corrected chi connectivity index (χ0v) is 14.4. The lowest BCUT2D eigenvalue weighted by Gasteiger charge is -2.01. The van der Waals surface area contributed by atoms with Gasteiger partial charge in [0.05, 0.1) is 10.2 Å². The van der Waals surface area contributed by atoms with Gasteiger partial charge in [-0.1, -0.05) is 17.4 Å². The molecule has 3 aromatic rings. The van der Waals surface area contributed by atoms with Gasteiger partial charge in [0.2, 0.25) is 0 Å². The molecule has 1 aromatic heterocycles. The van der Waals surface area contributed by atoms with Crippen molar-refractivity contribution in [2.45, 2.75) is 18.4 Å². The van der Waals surface area contributed by atoms with Crippen molar-refractivity contribution < 1.29 is 9.18 Å². The van der Waals surface area contributed by atoms with E-state index in [1.54, 1.807) is 23.9 Å². The lowest BCUT2D eigenvalue weighted by molar-refractivity contribution is 0.0997. The van der Waals surface area contributed by atoms with E-state index >= 15 is 0 Å². The number of thioether (sulfide) groups is 1. The fraction of sp³-hybridized carbons (Fsp3) is 0.176. The van der Waals surface area contributed by atoms with Gasteiger partial charge in [-0.2, -0.15) is 4.99 Å². The molecule has 0 radical (unpaired) electrons. The largest absolute Gasteiger partial charge is 0.317 e. The molecule has 0 bridgehead atoms. The van der Waals surface area contributed by atoms with E-state index in [1.807, 2.05) is 35.9 Å². The predicted molar refractivity (Wildman–Crippen MR) is 93.6 cm³/mol. The first kappa shape index (κ1) is 16.0. The number of halogens is 1. The molecular formula is C17H15FN2OS2. The number of carbonyl (C=O) groups excluding carboxylic acids is 1. The SMILES string of the molecule is CCn1c(=NC(=O)c2cccc(SC)c2)sc2cc(F)ccc21. The third-order valence-electron chi connectivity index (χ3n) is 3.47. The van der Waals surface area contributed by atoms with Crippen molar-refractivity contribution in [1.82, 2.24) is 4.57 Å². The highest BCUT2D eigenvalue weighted by molar-refractivity contribution is 7.98. The van der Waals surface area contributed by atoms with Gasteiger partial charge in [-0.05, 0) is 49.6 Å². The zero-order chi connectivity index (χ0) is 16.4. The maximum absolute atomic E-state index is 13.4. The molecule has 0 N–H and O–H groups in total. The molecule has 3 rings (SSSR count). The van der Waals surface area contributed by atoms with E-state index in [9.17, 15) is 9.18 Å². The van der Waals surface area contributed by atoms with Crippen LogP contribution in [0.5, 0.6) is 0 Å². The summed E-state index contributed by atoms with van der Waals surface area (Å²) in [5, 5.41) is 0. The van der Waals surface area contributed by atoms with Gasteiger partial charge in [-0.15, -0.1) is 11.8 Å². The summed E-state index contributed by atoms with van der Waals surface area (Å²) in [5.41, 5.74) is 1.45. The van der Waals surface area contributed by atoms with Crippen LogP contribution in [0, 0.1) is 5.82 Å². The lowest BCUT2D eigenvalue weighted by atomic mass is 10.2. The van der Waals surface area contributed by atoms with Crippen LogP contribution in [0.15, 0.2) is 52.4 Å². The Kier molecular flexibility index (Phi) is 4.63. The van der Waals surface area contributed by atoms with Gasteiger partial charge in [0, 0.05) is 17.0 Å².